The van der Waals surface area contributed by atoms with E-state index in [4.69, 9.17) is 0 Å². The van der Waals surface area contributed by atoms with Crippen molar-refractivity contribution in [2.75, 3.05) is 7.05 Å². The van der Waals surface area contributed by atoms with Gasteiger partial charge in [0.1, 0.15) is 5.82 Å². The Kier molecular flexibility index (Phi) is 4.94. The van der Waals surface area contributed by atoms with Gasteiger partial charge in [-0.05, 0) is 44.7 Å². The van der Waals surface area contributed by atoms with Crippen LogP contribution in [0.1, 0.15) is 29.9 Å². The number of aromatic nitrogens is 2. The highest BCUT2D eigenvalue weighted by Gasteiger charge is 2.16. The number of hydrogen-bond acceptors (Lipinski definition) is 2. The number of aryl methyl sites for hydroxylation is 2. The highest BCUT2D eigenvalue weighted by molar-refractivity contribution is 9.10. The summed E-state index contributed by atoms with van der Waals surface area (Å²) in [4.78, 5) is 0. The van der Waals surface area contributed by atoms with Crippen LogP contribution < -0.4 is 5.32 Å². The molecule has 3 nitrogen and oxygen atoms in total. The summed E-state index contributed by atoms with van der Waals surface area (Å²) in [6.07, 6.45) is 0.815. The molecular formula is C15H19BrFN3. The van der Waals surface area contributed by atoms with E-state index in [0.29, 0.717) is 0 Å². The Hall–Kier alpha value is -1.20. The number of rotatable bonds is 5. The zero-order chi connectivity index (χ0) is 14.7. The van der Waals surface area contributed by atoms with Crippen LogP contribution in [0.4, 0.5) is 4.39 Å². The van der Waals surface area contributed by atoms with Gasteiger partial charge in [0.2, 0.25) is 0 Å². The van der Waals surface area contributed by atoms with Crippen molar-refractivity contribution in [1.82, 2.24) is 15.1 Å². The van der Waals surface area contributed by atoms with E-state index in [2.05, 4.69) is 39.3 Å². The molecule has 0 bridgehead atoms. The van der Waals surface area contributed by atoms with Gasteiger partial charge in [0.05, 0.1) is 5.69 Å². The maximum absolute atomic E-state index is 13.2. The van der Waals surface area contributed by atoms with Gasteiger partial charge in [0.25, 0.3) is 0 Å². The summed E-state index contributed by atoms with van der Waals surface area (Å²) >= 11 is 3.44. The zero-order valence-electron chi connectivity index (χ0n) is 12.0. The Morgan fingerprint density at radius 3 is 2.75 bits per heavy atom. The van der Waals surface area contributed by atoms with E-state index in [-0.39, 0.29) is 11.9 Å². The topological polar surface area (TPSA) is 29.9 Å². The van der Waals surface area contributed by atoms with Crippen molar-refractivity contribution in [3.8, 4) is 0 Å². The maximum atomic E-state index is 13.2. The van der Waals surface area contributed by atoms with Gasteiger partial charge >= 0.3 is 0 Å². The minimum absolute atomic E-state index is 0.117. The van der Waals surface area contributed by atoms with Gasteiger partial charge in [0, 0.05) is 29.2 Å². The number of halogens is 2. The van der Waals surface area contributed by atoms with E-state index in [1.54, 1.807) is 0 Å². The van der Waals surface area contributed by atoms with Gasteiger partial charge in [-0.3, -0.25) is 4.68 Å². The smallest absolute Gasteiger partial charge is 0.124 e. The van der Waals surface area contributed by atoms with Gasteiger partial charge in [0.15, 0.2) is 0 Å². The molecule has 2 aromatic rings. The summed E-state index contributed by atoms with van der Waals surface area (Å²) in [5, 5.41) is 7.76. The lowest BCUT2D eigenvalue weighted by Crippen LogP contribution is -2.21. The van der Waals surface area contributed by atoms with E-state index >= 15 is 0 Å². The third-order valence-electron chi connectivity index (χ3n) is 3.38. The SMILES string of the molecule is CCn1nc(C)cc1CC(NC)c1ccc(F)cc1Br. The van der Waals surface area contributed by atoms with Crippen LogP contribution in [0.3, 0.4) is 0 Å². The minimum Gasteiger partial charge on any atom is -0.313 e. The van der Waals surface area contributed by atoms with E-state index in [9.17, 15) is 4.39 Å². The Morgan fingerprint density at radius 1 is 1.40 bits per heavy atom. The molecule has 0 aliphatic carbocycles. The lowest BCUT2D eigenvalue weighted by atomic mass is 10.0. The fourth-order valence-electron chi connectivity index (χ4n) is 2.40. The van der Waals surface area contributed by atoms with Gasteiger partial charge < -0.3 is 5.32 Å². The minimum atomic E-state index is -0.232. The van der Waals surface area contributed by atoms with Crippen molar-refractivity contribution in [3.05, 3.63) is 51.5 Å². The Labute approximate surface area is 127 Å². The second-order valence-corrected chi connectivity index (χ2v) is 5.66. The molecular weight excluding hydrogens is 321 g/mol. The molecule has 0 saturated heterocycles. The van der Waals surface area contributed by atoms with Gasteiger partial charge in [-0.15, -0.1) is 0 Å². The largest absolute Gasteiger partial charge is 0.313 e. The van der Waals surface area contributed by atoms with Gasteiger partial charge in [-0.1, -0.05) is 22.0 Å². The van der Waals surface area contributed by atoms with E-state index in [0.717, 1.165) is 28.7 Å². The first-order valence-electron chi connectivity index (χ1n) is 6.70. The van der Waals surface area contributed by atoms with E-state index in [1.165, 1.54) is 17.8 Å². The van der Waals surface area contributed by atoms with Crippen LogP contribution in [0, 0.1) is 12.7 Å². The molecule has 0 aliphatic heterocycles. The summed E-state index contributed by atoms with van der Waals surface area (Å²) in [5.74, 6) is -0.232. The van der Waals surface area contributed by atoms with Crippen LogP contribution in [0.25, 0.3) is 0 Å². The highest BCUT2D eigenvalue weighted by Crippen LogP contribution is 2.27. The summed E-state index contributed by atoms with van der Waals surface area (Å²) < 4.78 is 16.0. The standard InChI is InChI=1S/C15H19BrFN3/c1-4-20-12(7-10(2)19-20)9-15(18-3)13-6-5-11(17)8-14(13)16/h5-8,15,18H,4,9H2,1-3H3. The number of likely N-dealkylation sites (N-methyl/N-ethyl adjacent to an activating group) is 1. The van der Waals surface area contributed by atoms with Crippen LogP contribution in [-0.4, -0.2) is 16.8 Å². The van der Waals surface area contributed by atoms with Crippen molar-refractivity contribution in [1.29, 1.82) is 0 Å². The molecule has 1 heterocycles. The van der Waals surface area contributed by atoms with Crippen molar-refractivity contribution < 1.29 is 4.39 Å². The Balaban J connectivity index is 2.28. The molecule has 2 rings (SSSR count). The summed E-state index contributed by atoms with van der Waals surface area (Å²) in [7, 11) is 1.92. The van der Waals surface area contributed by atoms with Crippen LogP contribution in [0.5, 0.6) is 0 Å². The average molecular weight is 340 g/mol. The van der Waals surface area contributed by atoms with E-state index < -0.39 is 0 Å². The van der Waals surface area contributed by atoms with Crippen LogP contribution >= 0.6 is 15.9 Å². The predicted molar refractivity (Wildman–Crippen MR) is 82.2 cm³/mol. The first-order chi connectivity index (χ1) is 9.55. The maximum Gasteiger partial charge on any atom is 0.124 e. The number of nitrogens with zero attached hydrogens (tertiary/aromatic N) is 2. The molecule has 1 aromatic carbocycles. The summed E-state index contributed by atoms with van der Waals surface area (Å²) in [6, 6.07) is 7.03. The van der Waals surface area contributed by atoms with Crippen molar-refractivity contribution >= 4 is 15.9 Å². The third kappa shape index (κ3) is 3.27. The van der Waals surface area contributed by atoms with Crippen molar-refractivity contribution in [2.24, 2.45) is 0 Å². The molecule has 0 aliphatic rings. The second-order valence-electron chi connectivity index (χ2n) is 4.80. The fraction of sp³-hybridized carbons (Fsp3) is 0.400. The average Bonchev–Trinajstić information content (AvgIpc) is 2.76. The van der Waals surface area contributed by atoms with Gasteiger partial charge in [-0.2, -0.15) is 5.10 Å². The van der Waals surface area contributed by atoms with Crippen LogP contribution in [0.2, 0.25) is 0 Å². The molecule has 0 amide bonds. The first kappa shape index (κ1) is 15.2. The molecule has 1 unspecified atom stereocenters. The van der Waals surface area contributed by atoms with Crippen molar-refractivity contribution in [2.45, 2.75) is 32.9 Å². The first-order valence-corrected chi connectivity index (χ1v) is 7.50. The normalized spacial score (nSPS) is 12.7. The van der Waals surface area contributed by atoms with Crippen LogP contribution in [0.15, 0.2) is 28.7 Å². The molecule has 0 fully saturated rings. The highest BCUT2D eigenvalue weighted by atomic mass is 79.9. The molecule has 20 heavy (non-hydrogen) atoms. The van der Waals surface area contributed by atoms with Crippen LogP contribution in [-0.2, 0) is 13.0 Å². The molecule has 1 atom stereocenters. The fourth-order valence-corrected chi connectivity index (χ4v) is 3.03. The van der Waals surface area contributed by atoms with Crippen molar-refractivity contribution in [3.63, 3.8) is 0 Å². The lowest BCUT2D eigenvalue weighted by molar-refractivity contribution is 0.538. The third-order valence-corrected chi connectivity index (χ3v) is 4.07. The number of hydrogen-bond donors (Lipinski definition) is 1. The Bertz CT molecular complexity index is 595. The molecule has 0 saturated carbocycles. The van der Waals surface area contributed by atoms with Gasteiger partial charge in [-0.25, -0.2) is 4.39 Å². The number of nitrogens with one attached hydrogen (secondary N) is 1. The zero-order valence-corrected chi connectivity index (χ0v) is 13.5. The van der Waals surface area contributed by atoms with E-state index in [1.807, 2.05) is 24.7 Å². The Morgan fingerprint density at radius 2 is 2.15 bits per heavy atom. The lowest BCUT2D eigenvalue weighted by Gasteiger charge is -2.18. The summed E-state index contributed by atoms with van der Waals surface area (Å²) in [6.45, 7) is 4.93. The molecule has 0 spiro atoms. The molecule has 1 aromatic heterocycles. The molecule has 5 heteroatoms. The quantitative estimate of drug-likeness (QED) is 0.901. The second kappa shape index (κ2) is 6.50. The molecule has 0 radical (unpaired) electrons. The molecule has 108 valence electrons. The predicted octanol–water partition coefficient (Wildman–Crippen LogP) is 3.62. The monoisotopic (exact) mass is 339 g/mol. The summed E-state index contributed by atoms with van der Waals surface area (Å²) in [5.41, 5.74) is 3.26. The number of benzene rings is 1. The molecule has 1 N–H and O–H groups in total.